The van der Waals surface area contributed by atoms with Gasteiger partial charge in [-0.3, -0.25) is 9.78 Å². The van der Waals surface area contributed by atoms with Gasteiger partial charge >= 0.3 is 0 Å². The number of benzene rings is 1. The molecule has 116 valence electrons. The molecule has 1 amide bonds. The Morgan fingerprint density at radius 3 is 2.43 bits per heavy atom. The fourth-order valence-electron chi connectivity index (χ4n) is 2.19. The molecule has 0 bridgehead atoms. The fourth-order valence-corrected chi connectivity index (χ4v) is 2.19. The molecule has 1 aromatic carbocycles. The number of pyridine rings is 1. The van der Waals surface area contributed by atoms with Gasteiger partial charge in [-0.2, -0.15) is 0 Å². The van der Waals surface area contributed by atoms with E-state index < -0.39 is 0 Å². The Hall–Kier alpha value is -3.09. The van der Waals surface area contributed by atoms with Gasteiger partial charge in [-0.15, -0.1) is 5.10 Å². The van der Waals surface area contributed by atoms with Crippen molar-refractivity contribution in [2.45, 2.75) is 12.8 Å². The Bertz CT molecular complexity index is 782. The van der Waals surface area contributed by atoms with Crippen molar-refractivity contribution in [3.8, 4) is 0 Å². The third kappa shape index (κ3) is 3.97. The fraction of sp³-hybridized carbons (Fsp3) is 0.188. The first-order valence-electron chi connectivity index (χ1n) is 7.19. The number of amides is 1. The monoisotopic (exact) mass is 308 g/mol. The van der Waals surface area contributed by atoms with Crippen molar-refractivity contribution < 1.29 is 4.79 Å². The van der Waals surface area contributed by atoms with Crippen molar-refractivity contribution in [2.75, 3.05) is 5.32 Å². The number of rotatable bonds is 5. The zero-order valence-electron chi connectivity index (χ0n) is 12.7. The SMILES string of the molecule is Cn1nnnc1CC(=O)Nc1ccc(Cc2ccncc2)cc1. The Morgan fingerprint density at radius 2 is 1.78 bits per heavy atom. The second-order valence-electron chi connectivity index (χ2n) is 5.17. The van der Waals surface area contributed by atoms with Crippen LogP contribution in [0.25, 0.3) is 0 Å². The molecular weight excluding hydrogens is 292 g/mol. The number of aromatic nitrogens is 5. The number of aryl methyl sites for hydroxylation is 1. The van der Waals surface area contributed by atoms with E-state index >= 15 is 0 Å². The van der Waals surface area contributed by atoms with Gasteiger partial charge in [0, 0.05) is 25.1 Å². The summed E-state index contributed by atoms with van der Waals surface area (Å²) in [6.45, 7) is 0. The lowest BCUT2D eigenvalue weighted by Crippen LogP contribution is -2.17. The second kappa shape index (κ2) is 6.78. The highest BCUT2D eigenvalue weighted by molar-refractivity contribution is 5.91. The first kappa shape index (κ1) is 14.8. The minimum atomic E-state index is -0.148. The topological polar surface area (TPSA) is 85.6 Å². The average molecular weight is 308 g/mol. The highest BCUT2D eigenvalue weighted by atomic mass is 16.1. The van der Waals surface area contributed by atoms with Crippen molar-refractivity contribution in [2.24, 2.45) is 7.05 Å². The Balaban J connectivity index is 1.59. The number of carbonyl (C=O) groups is 1. The summed E-state index contributed by atoms with van der Waals surface area (Å²) in [5.74, 6) is 0.376. The Labute approximate surface area is 133 Å². The highest BCUT2D eigenvalue weighted by Crippen LogP contribution is 2.13. The first-order chi connectivity index (χ1) is 11.2. The number of tetrazole rings is 1. The summed E-state index contributed by atoms with van der Waals surface area (Å²) in [6, 6.07) is 11.8. The van der Waals surface area contributed by atoms with Gasteiger partial charge in [-0.05, 0) is 52.2 Å². The maximum absolute atomic E-state index is 12.0. The van der Waals surface area contributed by atoms with Gasteiger partial charge in [0.1, 0.15) is 0 Å². The van der Waals surface area contributed by atoms with Crippen molar-refractivity contribution in [1.82, 2.24) is 25.2 Å². The zero-order valence-corrected chi connectivity index (χ0v) is 12.7. The largest absolute Gasteiger partial charge is 0.326 e. The normalized spacial score (nSPS) is 10.5. The molecule has 7 nitrogen and oxygen atoms in total. The van der Waals surface area contributed by atoms with E-state index in [0.29, 0.717) is 5.82 Å². The summed E-state index contributed by atoms with van der Waals surface area (Å²) in [6.07, 6.45) is 4.54. The van der Waals surface area contributed by atoms with Gasteiger partial charge in [-0.1, -0.05) is 12.1 Å². The van der Waals surface area contributed by atoms with Crippen LogP contribution in [0, 0.1) is 0 Å². The number of nitrogens with zero attached hydrogens (tertiary/aromatic N) is 5. The molecule has 0 saturated heterocycles. The van der Waals surface area contributed by atoms with Crippen LogP contribution in [0.4, 0.5) is 5.69 Å². The van der Waals surface area contributed by atoms with Crippen LogP contribution < -0.4 is 5.32 Å². The van der Waals surface area contributed by atoms with E-state index in [0.717, 1.165) is 12.1 Å². The molecule has 0 radical (unpaired) electrons. The van der Waals surface area contributed by atoms with Gasteiger partial charge in [-0.25, -0.2) is 4.68 Å². The van der Waals surface area contributed by atoms with E-state index in [1.165, 1.54) is 15.8 Å². The molecule has 3 rings (SSSR count). The molecule has 0 unspecified atom stereocenters. The number of anilines is 1. The van der Waals surface area contributed by atoms with Crippen molar-refractivity contribution in [3.05, 3.63) is 65.7 Å². The van der Waals surface area contributed by atoms with Gasteiger partial charge < -0.3 is 5.32 Å². The molecule has 0 fully saturated rings. The van der Waals surface area contributed by atoms with E-state index in [1.807, 2.05) is 36.4 Å². The van der Waals surface area contributed by atoms with Crippen LogP contribution in [0.15, 0.2) is 48.8 Å². The smallest absolute Gasteiger partial charge is 0.232 e. The first-order valence-corrected chi connectivity index (χ1v) is 7.19. The molecule has 0 spiro atoms. The molecular formula is C16H16N6O. The Kier molecular flexibility index (Phi) is 4.37. The maximum Gasteiger partial charge on any atom is 0.232 e. The van der Waals surface area contributed by atoms with Crippen LogP contribution in [0.1, 0.15) is 17.0 Å². The average Bonchev–Trinajstić information content (AvgIpc) is 2.95. The van der Waals surface area contributed by atoms with Gasteiger partial charge in [0.25, 0.3) is 0 Å². The van der Waals surface area contributed by atoms with E-state index in [2.05, 4.69) is 25.8 Å². The summed E-state index contributed by atoms with van der Waals surface area (Å²) >= 11 is 0. The molecule has 7 heteroatoms. The molecule has 23 heavy (non-hydrogen) atoms. The van der Waals surface area contributed by atoms with Crippen LogP contribution >= 0.6 is 0 Å². The molecule has 0 aliphatic rings. The number of hydrogen-bond acceptors (Lipinski definition) is 5. The third-order valence-corrected chi connectivity index (χ3v) is 3.42. The molecule has 1 N–H and O–H groups in total. The van der Waals surface area contributed by atoms with E-state index in [1.54, 1.807) is 19.4 Å². The predicted octanol–water partition coefficient (Wildman–Crippen LogP) is 1.38. The van der Waals surface area contributed by atoms with Crippen molar-refractivity contribution >= 4 is 11.6 Å². The zero-order chi connectivity index (χ0) is 16.1. The molecule has 2 aromatic heterocycles. The number of nitrogens with one attached hydrogen (secondary N) is 1. The lowest BCUT2D eigenvalue weighted by molar-refractivity contribution is -0.115. The molecule has 2 heterocycles. The van der Waals surface area contributed by atoms with Crippen molar-refractivity contribution in [1.29, 1.82) is 0 Å². The van der Waals surface area contributed by atoms with E-state index in [9.17, 15) is 4.79 Å². The van der Waals surface area contributed by atoms with E-state index in [-0.39, 0.29) is 12.3 Å². The molecule has 0 atom stereocenters. The van der Waals surface area contributed by atoms with Crippen LogP contribution in [0.5, 0.6) is 0 Å². The summed E-state index contributed by atoms with van der Waals surface area (Å²) in [5.41, 5.74) is 3.13. The summed E-state index contributed by atoms with van der Waals surface area (Å²) in [7, 11) is 1.70. The van der Waals surface area contributed by atoms with Crippen LogP contribution in [0.3, 0.4) is 0 Å². The van der Waals surface area contributed by atoms with Gasteiger partial charge in [0.15, 0.2) is 5.82 Å². The molecule has 0 aliphatic carbocycles. The number of carbonyl (C=O) groups excluding carboxylic acids is 1. The quantitative estimate of drug-likeness (QED) is 0.769. The molecule has 0 aliphatic heterocycles. The van der Waals surface area contributed by atoms with Crippen LogP contribution in [-0.4, -0.2) is 31.1 Å². The minimum absolute atomic E-state index is 0.141. The standard InChI is InChI=1S/C16H16N6O/c1-22-15(19-20-21-22)11-16(23)18-14-4-2-12(3-5-14)10-13-6-8-17-9-7-13/h2-9H,10-11H2,1H3,(H,18,23). The predicted molar refractivity (Wildman–Crippen MR) is 84.6 cm³/mol. The third-order valence-electron chi connectivity index (χ3n) is 3.42. The second-order valence-corrected chi connectivity index (χ2v) is 5.17. The van der Waals surface area contributed by atoms with Crippen LogP contribution in [-0.2, 0) is 24.7 Å². The van der Waals surface area contributed by atoms with Crippen molar-refractivity contribution in [3.63, 3.8) is 0 Å². The summed E-state index contributed by atoms with van der Waals surface area (Å²) in [4.78, 5) is 16.0. The molecule has 3 aromatic rings. The lowest BCUT2D eigenvalue weighted by atomic mass is 10.1. The Morgan fingerprint density at radius 1 is 1.09 bits per heavy atom. The summed E-state index contributed by atoms with van der Waals surface area (Å²) < 4.78 is 1.48. The lowest BCUT2D eigenvalue weighted by Gasteiger charge is -2.06. The van der Waals surface area contributed by atoms with Crippen LogP contribution in [0.2, 0.25) is 0 Å². The highest BCUT2D eigenvalue weighted by Gasteiger charge is 2.09. The number of hydrogen-bond donors (Lipinski definition) is 1. The maximum atomic E-state index is 12.0. The summed E-state index contributed by atoms with van der Waals surface area (Å²) in [5, 5.41) is 13.8. The minimum Gasteiger partial charge on any atom is -0.326 e. The molecule has 0 saturated carbocycles. The van der Waals surface area contributed by atoms with Gasteiger partial charge in [0.2, 0.25) is 5.91 Å². The van der Waals surface area contributed by atoms with Gasteiger partial charge in [0.05, 0.1) is 6.42 Å². The van der Waals surface area contributed by atoms with E-state index in [4.69, 9.17) is 0 Å².